The van der Waals surface area contributed by atoms with Crippen LogP contribution in [0, 0.1) is 0 Å². The number of dihydropyridines is 1. The zero-order valence-electron chi connectivity index (χ0n) is 27.5. The van der Waals surface area contributed by atoms with E-state index in [1.165, 1.54) is 44.5 Å². The van der Waals surface area contributed by atoms with Gasteiger partial charge in [0.1, 0.15) is 0 Å². The molecular weight excluding hydrogens is 607 g/mol. The van der Waals surface area contributed by atoms with Crippen LogP contribution in [0.5, 0.6) is 0 Å². The predicted molar refractivity (Wildman–Crippen MR) is 204 cm³/mol. The van der Waals surface area contributed by atoms with Crippen molar-refractivity contribution < 1.29 is 0 Å². The van der Waals surface area contributed by atoms with Gasteiger partial charge in [-0.2, -0.15) is 0 Å². The Morgan fingerprint density at radius 1 is 0.500 bits per heavy atom. The minimum atomic E-state index is -0.488. The normalized spacial score (nSPS) is 14.6. The van der Waals surface area contributed by atoms with Crippen LogP contribution in [-0.2, 0) is 11.8 Å². The summed E-state index contributed by atoms with van der Waals surface area (Å²) >= 11 is 0. The Morgan fingerprint density at radius 2 is 1.12 bits per heavy atom. The number of benzene rings is 6. The minimum Gasteiger partial charge on any atom is -0.381 e. The van der Waals surface area contributed by atoms with Gasteiger partial charge in [-0.25, -0.2) is 9.97 Å². The SMILES string of the molecule is C1=CCNC(c2cccc(-c3nc(-c4ccccc4)cc(-c4cccc5c4C4(c6ccccc6Cc6ccccc64)c4ccccc4-5)n3)c2)=C1. The fraction of sp³-hybridized carbons (Fsp3) is 0.0638. The van der Waals surface area contributed by atoms with Crippen molar-refractivity contribution in [1.29, 1.82) is 0 Å². The summed E-state index contributed by atoms with van der Waals surface area (Å²) in [5.74, 6) is 0.710. The van der Waals surface area contributed by atoms with Crippen molar-refractivity contribution in [3.63, 3.8) is 0 Å². The summed E-state index contributed by atoms with van der Waals surface area (Å²) in [6.07, 6.45) is 7.27. The Morgan fingerprint density at radius 3 is 1.90 bits per heavy atom. The first kappa shape index (κ1) is 28.7. The highest BCUT2D eigenvalue weighted by atomic mass is 14.9. The average Bonchev–Trinajstić information content (AvgIpc) is 3.49. The number of allylic oxidation sites excluding steroid dienone is 2. The Hall–Kier alpha value is -6.32. The van der Waals surface area contributed by atoms with Gasteiger partial charge in [-0.3, -0.25) is 0 Å². The molecule has 10 rings (SSSR count). The van der Waals surface area contributed by atoms with Crippen LogP contribution in [-0.4, -0.2) is 16.5 Å². The molecule has 1 aliphatic heterocycles. The summed E-state index contributed by atoms with van der Waals surface area (Å²) in [6.45, 7) is 0.815. The van der Waals surface area contributed by atoms with Crippen LogP contribution < -0.4 is 5.32 Å². The number of aromatic nitrogens is 2. The third-order valence-electron chi connectivity index (χ3n) is 10.6. The van der Waals surface area contributed by atoms with Gasteiger partial charge < -0.3 is 5.32 Å². The van der Waals surface area contributed by atoms with Crippen LogP contribution in [0.25, 0.3) is 50.7 Å². The van der Waals surface area contributed by atoms with E-state index in [0.29, 0.717) is 5.82 Å². The molecule has 0 fully saturated rings. The summed E-state index contributed by atoms with van der Waals surface area (Å²) in [6, 6.07) is 55.1. The molecule has 0 radical (unpaired) electrons. The van der Waals surface area contributed by atoms with E-state index >= 15 is 0 Å². The van der Waals surface area contributed by atoms with Crippen LogP contribution >= 0.6 is 0 Å². The van der Waals surface area contributed by atoms with Gasteiger partial charge in [-0.1, -0.05) is 152 Å². The number of rotatable bonds is 4. The highest BCUT2D eigenvalue weighted by molar-refractivity contribution is 5.93. The lowest BCUT2D eigenvalue weighted by atomic mass is 9.60. The number of nitrogens with zero attached hydrogens (tertiary/aromatic N) is 2. The van der Waals surface area contributed by atoms with E-state index in [1.54, 1.807) is 0 Å². The monoisotopic (exact) mass is 639 g/mol. The number of hydrogen-bond acceptors (Lipinski definition) is 3. The molecule has 0 atom stereocenters. The topological polar surface area (TPSA) is 37.8 Å². The Balaban J connectivity index is 1.27. The molecule has 6 aromatic carbocycles. The van der Waals surface area contributed by atoms with Crippen molar-refractivity contribution in [1.82, 2.24) is 15.3 Å². The standard InChI is InChI=1S/C47H33N3/c1-2-14-31(15-3-1)43-30-44(50-46(49-43)35-19-12-18-34(29-35)42-26-10-11-27-48-42)38-22-13-21-37-36-20-6-9-25-41(36)47(45(37)38)39-23-7-4-16-32(39)28-33-17-5-8-24-40(33)47/h1-26,29-30,48H,27-28H2. The average molecular weight is 640 g/mol. The molecule has 0 bridgehead atoms. The molecule has 0 saturated carbocycles. The van der Waals surface area contributed by atoms with Crippen LogP contribution in [0.15, 0.2) is 170 Å². The Kier molecular flexibility index (Phi) is 6.53. The molecule has 3 aliphatic rings. The first-order valence-electron chi connectivity index (χ1n) is 17.4. The molecule has 0 unspecified atom stereocenters. The fourth-order valence-corrected chi connectivity index (χ4v) is 8.52. The molecule has 0 amide bonds. The second-order valence-electron chi connectivity index (χ2n) is 13.3. The second-order valence-corrected chi connectivity index (χ2v) is 13.3. The van der Waals surface area contributed by atoms with Crippen LogP contribution in [0.3, 0.4) is 0 Å². The van der Waals surface area contributed by atoms with E-state index in [2.05, 4.69) is 175 Å². The zero-order chi connectivity index (χ0) is 33.1. The first-order chi connectivity index (χ1) is 24.8. The van der Waals surface area contributed by atoms with Crippen LogP contribution in [0.2, 0.25) is 0 Å². The summed E-state index contributed by atoms with van der Waals surface area (Å²) < 4.78 is 0. The molecule has 1 aromatic heterocycles. The van der Waals surface area contributed by atoms with Crippen molar-refractivity contribution in [3.05, 3.63) is 209 Å². The van der Waals surface area contributed by atoms with Crippen LogP contribution in [0.4, 0.5) is 0 Å². The summed E-state index contributed by atoms with van der Waals surface area (Å²) in [5.41, 5.74) is 17.3. The summed E-state index contributed by atoms with van der Waals surface area (Å²) in [5, 5.41) is 3.51. The van der Waals surface area contributed by atoms with E-state index in [9.17, 15) is 0 Å². The van der Waals surface area contributed by atoms with E-state index < -0.39 is 5.41 Å². The Bertz CT molecular complexity index is 2480. The molecule has 1 N–H and O–H groups in total. The van der Waals surface area contributed by atoms with Gasteiger partial charge in [0.15, 0.2) is 5.82 Å². The van der Waals surface area contributed by atoms with Gasteiger partial charge in [0, 0.05) is 28.9 Å². The van der Waals surface area contributed by atoms with Crippen molar-refractivity contribution >= 4 is 5.70 Å². The number of nitrogens with one attached hydrogen (secondary N) is 1. The molecule has 3 nitrogen and oxygen atoms in total. The van der Waals surface area contributed by atoms with Gasteiger partial charge in [-0.05, 0) is 74.7 Å². The molecule has 7 aromatic rings. The number of fused-ring (bicyclic) bond motifs is 9. The largest absolute Gasteiger partial charge is 0.381 e. The minimum absolute atomic E-state index is 0.488. The quantitative estimate of drug-likeness (QED) is 0.208. The highest BCUT2D eigenvalue weighted by Crippen LogP contribution is 2.61. The van der Waals surface area contributed by atoms with Gasteiger partial charge in [0.2, 0.25) is 0 Å². The van der Waals surface area contributed by atoms with Gasteiger partial charge in [0.25, 0.3) is 0 Å². The highest BCUT2D eigenvalue weighted by Gasteiger charge is 2.51. The van der Waals surface area contributed by atoms with E-state index in [0.717, 1.165) is 52.3 Å². The lowest BCUT2D eigenvalue weighted by Crippen LogP contribution is -2.34. The maximum Gasteiger partial charge on any atom is 0.160 e. The van der Waals surface area contributed by atoms with Crippen molar-refractivity contribution in [3.8, 4) is 45.0 Å². The van der Waals surface area contributed by atoms with Gasteiger partial charge in [-0.15, -0.1) is 0 Å². The molecule has 0 saturated heterocycles. The summed E-state index contributed by atoms with van der Waals surface area (Å²) in [4.78, 5) is 10.7. The lowest BCUT2D eigenvalue weighted by molar-refractivity contribution is 0.723. The van der Waals surface area contributed by atoms with Crippen molar-refractivity contribution in [2.75, 3.05) is 6.54 Å². The molecule has 2 aliphatic carbocycles. The van der Waals surface area contributed by atoms with Crippen molar-refractivity contribution in [2.24, 2.45) is 0 Å². The smallest absolute Gasteiger partial charge is 0.160 e. The lowest BCUT2D eigenvalue weighted by Gasteiger charge is -2.41. The summed E-state index contributed by atoms with van der Waals surface area (Å²) in [7, 11) is 0. The predicted octanol–water partition coefficient (Wildman–Crippen LogP) is 10.2. The molecule has 1 spiro atoms. The van der Waals surface area contributed by atoms with Crippen molar-refractivity contribution in [2.45, 2.75) is 11.8 Å². The molecule has 3 heteroatoms. The van der Waals surface area contributed by atoms with E-state index in [4.69, 9.17) is 9.97 Å². The Labute approximate surface area is 292 Å². The molecule has 2 heterocycles. The molecule has 50 heavy (non-hydrogen) atoms. The zero-order valence-corrected chi connectivity index (χ0v) is 27.5. The van der Waals surface area contributed by atoms with E-state index in [-0.39, 0.29) is 0 Å². The first-order valence-corrected chi connectivity index (χ1v) is 17.4. The third-order valence-corrected chi connectivity index (χ3v) is 10.6. The van der Waals surface area contributed by atoms with Gasteiger partial charge in [0.05, 0.1) is 16.8 Å². The second kappa shape index (κ2) is 11.4. The number of hydrogen-bond donors (Lipinski definition) is 1. The maximum absolute atomic E-state index is 5.45. The maximum atomic E-state index is 5.45. The third kappa shape index (κ3) is 4.30. The molecular formula is C47H33N3. The fourth-order valence-electron chi connectivity index (χ4n) is 8.52. The van der Waals surface area contributed by atoms with Crippen LogP contribution in [0.1, 0.15) is 38.9 Å². The van der Waals surface area contributed by atoms with E-state index in [1.807, 2.05) is 0 Å². The molecule has 236 valence electrons. The van der Waals surface area contributed by atoms with Gasteiger partial charge >= 0.3 is 0 Å².